The van der Waals surface area contributed by atoms with Gasteiger partial charge in [-0.2, -0.15) is 9.78 Å². The van der Waals surface area contributed by atoms with E-state index in [9.17, 15) is 0 Å². The summed E-state index contributed by atoms with van der Waals surface area (Å²) in [5.74, 6) is 1.19. The second kappa shape index (κ2) is 7.74. The number of hydrogen-bond acceptors (Lipinski definition) is 3. The van der Waals surface area contributed by atoms with Crippen LogP contribution in [0.3, 0.4) is 0 Å². The summed E-state index contributed by atoms with van der Waals surface area (Å²) in [5, 5.41) is 14.6. The van der Waals surface area contributed by atoms with Crippen molar-refractivity contribution in [3.8, 4) is 22.8 Å². The molecule has 0 fully saturated rings. The molecule has 3 aromatic carbocycles. The zero-order valence-corrected chi connectivity index (χ0v) is 15.6. The summed E-state index contributed by atoms with van der Waals surface area (Å²) in [5.41, 5.74) is 2.63. The van der Waals surface area contributed by atoms with Crippen LogP contribution in [0.5, 0.6) is 0 Å². The molecule has 0 aliphatic rings. The molecule has 4 aromatic rings. The summed E-state index contributed by atoms with van der Waals surface area (Å²) < 4.78 is 1.70. The average molecular weight is 393 g/mol. The first-order valence-corrected chi connectivity index (χ1v) is 9.03. The van der Waals surface area contributed by atoms with Crippen molar-refractivity contribution in [3.05, 3.63) is 94.5 Å². The third-order valence-corrected chi connectivity index (χ3v) is 4.40. The number of halogens is 2. The maximum absolute atomic E-state index is 6.15. The van der Waals surface area contributed by atoms with E-state index in [0.717, 1.165) is 16.7 Å². The van der Waals surface area contributed by atoms with E-state index in [0.29, 0.717) is 21.7 Å². The highest BCUT2D eigenvalue weighted by molar-refractivity contribution is 6.31. The Bertz CT molecular complexity index is 1040. The van der Waals surface area contributed by atoms with Crippen molar-refractivity contribution in [1.29, 1.82) is 0 Å². The third kappa shape index (κ3) is 3.92. The van der Waals surface area contributed by atoms with E-state index in [1.54, 1.807) is 10.9 Å². The Morgan fingerprint density at radius 1 is 0.704 bits per heavy atom. The topological polar surface area (TPSA) is 43.1 Å². The molecule has 0 radical (unpaired) electrons. The highest BCUT2D eigenvalue weighted by Gasteiger charge is 2.15. The molecule has 0 saturated carbocycles. The fourth-order valence-corrected chi connectivity index (χ4v) is 3.05. The molecule has 0 saturated heterocycles. The van der Waals surface area contributed by atoms with Crippen LogP contribution in [-0.4, -0.2) is 21.1 Å². The molecule has 6 heteroatoms. The standard InChI is InChI=1S/C21H14Cl2N4/c22-18-10-4-8-16(12-18)20-25-26-21(17-9-5-11-19(23)13-17)27(20)24-14-15-6-2-1-3-7-15/h1-14H/b24-14+. The van der Waals surface area contributed by atoms with E-state index in [1.165, 1.54) is 0 Å². The van der Waals surface area contributed by atoms with Crippen LogP contribution in [0.4, 0.5) is 0 Å². The van der Waals surface area contributed by atoms with Crippen molar-refractivity contribution >= 4 is 29.4 Å². The molecule has 0 amide bonds. The Labute approximate surface area is 166 Å². The summed E-state index contributed by atoms with van der Waals surface area (Å²) in [7, 11) is 0. The third-order valence-electron chi connectivity index (χ3n) is 3.93. The van der Waals surface area contributed by atoms with Gasteiger partial charge < -0.3 is 0 Å². The van der Waals surface area contributed by atoms with Crippen LogP contribution in [0.2, 0.25) is 10.0 Å². The lowest BCUT2D eigenvalue weighted by molar-refractivity contribution is 0.898. The van der Waals surface area contributed by atoms with Gasteiger partial charge >= 0.3 is 0 Å². The minimum absolute atomic E-state index is 0.597. The Morgan fingerprint density at radius 2 is 1.26 bits per heavy atom. The molecular formula is C21H14Cl2N4. The molecule has 4 rings (SSSR count). The number of benzene rings is 3. The normalized spacial score (nSPS) is 11.2. The largest absolute Gasteiger partial charge is 0.192 e. The minimum atomic E-state index is 0.597. The van der Waals surface area contributed by atoms with E-state index in [-0.39, 0.29) is 0 Å². The van der Waals surface area contributed by atoms with Gasteiger partial charge in [0.05, 0.1) is 6.21 Å². The molecule has 0 bridgehead atoms. The molecule has 0 N–H and O–H groups in total. The van der Waals surface area contributed by atoms with Crippen molar-refractivity contribution in [2.75, 3.05) is 0 Å². The number of rotatable bonds is 4. The van der Waals surface area contributed by atoms with E-state index < -0.39 is 0 Å². The van der Waals surface area contributed by atoms with E-state index in [1.807, 2.05) is 78.9 Å². The van der Waals surface area contributed by atoms with Gasteiger partial charge in [0.1, 0.15) is 0 Å². The maximum Gasteiger partial charge on any atom is 0.185 e. The number of hydrogen-bond donors (Lipinski definition) is 0. The van der Waals surface area contributed by atoms with Gasteiger partial charge in [0, 0.05) is 21.2 Å². The SMILES string of the molecule is Clc1cccc(-c2nnc(-c3cccc(Cl)c3)n2/N=C/c2ccccc2)c1. The molecule has 0 aliphatic carbocycles. The van der Waals surface area contributed by atoms with Crippen LogP contribution in [0.1, 0.15) is 5.56 Å². The first-order chi connectivity index (χ1) is 13.2. The predicted octanol–water partition coefficient (Wildman–Crippen LogP) is 5.80. The van der Waals surface area contributed by atoms with Gasteiger partial charge in [0.25, 0.3) is 0 Å². The van der Waals surface area contributed by atoms with E-state index in [4.69, 9.17) is 23.2 Å². The highest BCUT2D eigenvalue weighted by Crippen LogP contribution is 2.27. The molecule has 0 spiro atoms. The van der Waals surface area contributed by atoms with Crippen LogP contribution in [0.15, 0.2) is 84.0 Å². The van der Waals surface area contributed by atoms with Crippen molar-refractivity contribution < 1.29 is 0 Å². The first-order valence-electron chi connectivity index (χ1n) is 8.27. The Kier molecular flexibility index (Phi) is 5.01. The lowest BCUT2D eigenvalue weighted by atomic mass is 10.2. The Balaban J connectivity index is 1.86. The lowest BCUT2D eigenvalue weighted by Gasteiger charge is -2.06. The highest BCUT2D eigenvalue weighted by atomic mass is 35.5. The first kappa shape index (κ1) is 17.5. The molecular weight excluding hydrogens is 379 g/mol. The quantitative estimate of drug-likeness (QED) is 0.411. The zero-order chi connectivity index (χ0) is 18.6. The molecule has 0 unspecified atom stereocenters. The molecule has 1 aromatic heterocycles. The van der Waals surface area contributed by atoms with Crippen LogP contribution < -0.4 is 0 Å². The van der Waals surface area contributed by atoms with Crippen molar-refractivity contribution in [2.45, 2.75) is 0 Å². The van der Waals surface area contributed by atoms with Crippen LogP contribution >= 0.6 is 23.2 Å². The van der Waals surface area contributed by atoms with Crippen LogP contribution in [0.25, 0.3) is 22.8 Å². The van der Waals surface area contributed by atoms with Gasteiger partial charge in [-0.05, 0) is 29.8 Å². The second-order valence-electron chi connectivity index (χ2n) is 5.83. The fraction of sp³-hybridized carbons (Fsp3) is 0. The number of aromatic nitrogens is 3. The second-order valence-corrected chi connectivity index (χ2v) is 6.71. The summed E-state index contributed by atoms with van der Waals surface area (Å²) in [4.78, 5) is 0. The van der Waals surface area contributed by atoms with Crippen LogP contribution in [0, 0.1) is 0 Å². The van der Waals surface area contributed by atoms with Gasteiger partial charge in [-0.25, -0.2) is 0 Å². The summed E-state index contributed by atoms with van der Waals surface area (Å²) in [6, 6.07) is 24.7. The predicted molar refractivity (Wildman–Crippen MR) is 110 cm³/mol. The minimum Gasteiger partial charge on any atom is -0.192 e. The van der Waals surface area contributed by atoms with Crippen molar-refractivity contribution in [3.63, 3.8) is 0 Å². The summed E-state index contributed by atoms with van der Waals surface area (Å²) in [6.07, 6.45) is 1.77. The van der Waals surface area contributed by atoms with Gasteiger partial charge in [0.2, 0.25) is 0 Å². The lowest BCUT2D eigenvalue weighted by Crippen LogP contribution is -1.98. The smallest absolute Gasteiger partial charge is 0.185 e. The molecule has 27 heavy (non-hydrogen) atoms. The van der Waals surface area contributed by atoms with Gasteiger partial charge in [0.15, 0.2) is 11.6 Å². The molecule has 1 heterocycles. The van der Waals surface area contributed by atoms with Crippen molar-refractivity contribution in [1.82, 2.24) is 14.9 Å². The van der Waals surface area contributed by atoms with E-state index >= 15 is 0 Å². The van der Waals surface area contributed by atoms with Gasteiger partial charge in [-0.3, -0.25) is 0 Å². The zero-order valence-electron chi connectivity index (χ0n) is 14.1. The fourth-order valence-electron chi connectivity index (χ4n) is 2.67. The summed E-state index contributed by atoms with van der Waals surface area (Å²) in [6.45, 7) is 0. The average Bonchev–Trinajstić information content (AvgIpc) is 3.11. The maximum atomic E-state index is 6.15. The van der Waals surface area contributed by atoms with Crippen LogP contribution in [-0.2, 0) is 0 Å². The summed E-state index contributed by atoms with van der Waals surface area (Å²) >= 11 is 12.3. The monoisotopic (exact) mass is 392 g/mol. The Hall–Kier alpha value is -2.95. The van der Waals surface area contributed by atoms with Gasteiger partial charge in [-0.1, -0.05) is 77.8 Å². The van der Waals surface area contributed by atoms with Gasteiger partial charge in [-0.15, -0.1) is 10.2 Å². The number of nitrogens with zero attached hydrogens (tertiary/aromatic N) is 4. The van der Waals surface area contributed by atoms with E-state index in [2.05, 4.69) is 15.3 Å². The molecule has 132 valence electrons. The molecule has 4 nitrogen and oxygen atoms in total. The molecule has 0 aliphatic heterocycles. The molecule has 0 atom stereocenters. The Morgan fingerprint density at radius 3 is 1.78 bits per heavy atom. The van der Waals surface area contributed by atoms with Crippen molar-refractivity contribution in [2.24, 2.45) is 5.10 Å².